The van der Waals surface area contributed by atoms with E-state index in [4.69, 9.17) is 10.5 Å². The zero-order valence-corrected chi connectivity index (χ0v) is 22.8. The first kappa shape index (κ1) is 27.3. The molecule has 3 N–H and O–H groups in total. The van der Waals surface area contributed by atoms with Crippen molar-refractivity contribution in [1.29, 1.82) is 0 Å². The van der Waals surface area contributed by atoms with E-state index in [1.807, 2.05) is 29.9 Å². The summed E-state index contributed by atoms with van der Waals surface area (Å²) in [5.41, 5.74) is 8.08. The van der Waals surface area contributed by atoms with Gasteiger partial charge in [0.05, 0.1) is 5.39 Å². The van der Waals surface area contributed by atoms with E-state index in [0.29, 0.717) is 36.9 Å². The Hall–Kier alpha value is -4.90. The first-order valence-corrected chi connectivity index (χ1v) is 13.5. The maximum atomic E-state index is 14.8. The Bertz CT molecular complexity index is 1860. The molecule has 1 saturated heterocycles. The van der Waals surface area contributed by atoms with Crippen LogP contribution in [0.1, 0.15) is 23.2 Å². The number of hydrogen-bond acceptors (Lipinski definition) is 6. The molecule has 42 heavy (non-hydrogen) atoms. The lowest BCUT2D eigenvalue weighted by atomic mass is 9.99. The number of nitrogens with one attached hydrogen (secondary N) is 1. The Kier molecular flexibility index (Phi) is 7.26. The van der Waals surface area contributed by atoms with Crippen molar-refractivity contribution in [3.05, 3.63) is 94.8 Å². The maximum absolute atomic E-state index is 14.8. The predicted octanol–water partition coefficient (Wildman–Crippen LogP) is 5.00. The number of aryl methyl sites for hydroxylation is 1. The molecule has 1 aliphatic heterocycles. The third-order valence-corrected chi connectivity index (χ3v) is 7.59. The number of anilines is 2. The van der Waals surface area contributed by atoms with Crippen LogP contribution in [0.2, 0.25) is 0 Å². The number of hydrogen-bond donors (Lipinski definition) is 2. The van der Waals surface area contributed by atoms with Crippen molar-refractivity contribution in [2.45, 2.75) is 19.4 Å². The number of rotatable bonds is 6. The largest absolute Gasteiger partial charge is 0.383 e. The van der Waals surface area contributed by atoms with Gasteiger partial charge in [-0.2, -0.15) is 0 Å². The van der Waals surface area contributed by atoms with Crippen molar-refractivity contribution in [1.82, 2.24) is 19.1 Å². The molecule has 0 bridgehead atoms. The number of nitrogen functional groups attached to an aromatic ring is 1. The quantitative estimate of drug-likeness (QED) is 0.297. The van der Waals surface area contributed by atoms with Crippen LogP contribution < -0.4 is 16.5 Å². The highest BCUT2D eigenvalue weighted by molar-refractivity contribution is 6.05. The smallest absolute Gasteiger partial charge is 0.261 e. The minimum Gasteiger partial charge on any atom is -0.383 e. The van der Waals surface area contributed by atoms with Gasteiger partial charge in [-0.3, -0.25) is 9.59 Å². The molecular weight excluding hydrogens is 542 g/mol. The molecule has 0 saturated carbocycles. The fourth-order valence-electron chi connectivity index (χ4n) is 5.41. The molecule has 0 spiro atoms. The van der Waals surface area contributed by atoms with Gasteiger partial charge in [-0.1, -0.05) is 12.1 Å². The lowest BCUT2D eigenvalue weighted by Crippen LogP contribution is -2.27. The number of pyridine rings is 1. The fourth-order valence-corrected chi connectivity index (χ4v) is 5.41. The number of benzene rings is 2. The van der Waals surface area contributed by atoms with Gasteiger partial charge in [-0.15, -0.1) is 0 Å². The minimum atomic E-state index is -0.877. The fraction of sp³-hybridized carbons (Fsp3) is 0.226. The van der Waals surface area contributed by atoms with Crippen LogP contribution in [-0.2, 0) is 18.3 Å². The highest BCUT2D eigenvalue weighted by atomic mass is 19.1. The third kappa shape index (κ3) is 5.26. The van der Waals surface area contributed by atoms with Crippen LogP contribution >= 0.6 is 0 Å². The molecule has 1 fully saturated rings. The molecule has 2 aromatic carbocycles. The molecule has 11 heteroatoms. The van der Waals surface area contributed by atoms with Crippen molar-refractivity contribution >= 4 is 28.4 Å². The zero-order valence-electron chi connectivity index (χ0n) is 22.8. The number of nitrogens with zero attached hydrogens (tertiary/aromatic N) is 4. The van der Waals surface area contributed by atoms with Crippen LogP contribution in [0.3, 0.4) is 0 Å². The summed E-state index contributed by atoms with van der Waals surface area (Å²) in [6, 6.07) is 10.1. The molecule has 0 radical (unpaired) electrons. The summed E-state index contributed by atoms with van der Waals surface area (Å²) in [7, 11) is 1.87. The van der Waals surface area contributed by atoms with E-state index in [2.05, 4.69) is 15.3 Å². The van der Waals surface area contributed by atoms with E-state index >= 15 is 0 Å². The molecule has 0 aliphatic carbocycles. The van der Waals surface area contributed by atoms with E-state index in [-0.39, 0.29) is 22.6 Å². The molecule has 0 unspecified atom stereocenters. The van der Waals surface area contributed by atoms with Gasteiger partial charge >= 0.3 is 0 Å². The Morgan fingerprint density at radius 2 is 1.79 bits per heavy atom. The van der Waals surface area contributed by atoms with Crippen LogP contribution in [0.15, 0.2) is 72.2 Å². The van der Waals surface area contributed by atoms with Crippen molar-refractivity contribution < 1.29 is 18.3 Å². The second-order valence-electron chi connectivity index (χ2n) is 10.4. The van der Waals surface area contributed by atoms with Crippen molar-refractivity contribution in [3.63, 3.8) is 0 Å². The lowest BCUT2D eigenvalue weighted by molar-refractivity contribution is 0.0612. The topological polar surface area (TPSA) is 117 Å². The van der Waals surface area contributed by atoms with E-state index in [0.717, 1.165) is 41.5 Å². The molecule has 9 nitrogen and oxygen atoms in total. The van der Waals surface area contributed by atoms with Gasteiger partial charge in [0.15, 0.2) is 0 Å². The number of amides is 1. The number of aromatic nitrogens is 4. The number of carbonyl (C=O) groups excluding carboxylic acids is 1. The summed E-state index contributed by atoms with van der Waals surface area (Å²) in [4.78, 5) is 35.4. The number of halogens is 2. The average Bonchev–Trinajstić information content (AvgIpc) is 3.32. The second kappa shape index (κ2) is 11.2. The van der Waals surface area contributed by atoms with Gasteiger partial charge in [-0.25, -0.2) is 18.7 Å². The molecule has 6 rings (SSSR count). The molecule has 1 amide bonds. The van der Waals surface area contributed by atoms with E-state index in [1.54, 1.807) is 16.7 Å². The van der Waals surface area contributed by atoms with Gasteiger partial charge in [0.1, 0.15) is 35.0 Å². The van der Waals surface area contributed by atoms with Crippen molar-refractivity contribution in [3.8, 4) is 22.3 Å². The normalized spacial score (nSPS) is 13.9. The molecule has 3 aromatic heterocycles. The molecule has 1 aliphatic rings. The number of ether oxygens (including phenoxy) is 1. The van der Waals surface area contributed by atoms with Gasteiger partial charge in [-0.05, 0) is 48.6 Å². The summed E-state index contributed by atoms with van der Waals surface area (Å²) in [6.45, 7) is 1.78. The van der Waals surface area contributed by atoms with E-state index < -0.39 is 23.0 Å². The monoisotopic (exact) mass is 570 g/mol. The highest BCUT2D eigenvalue weighted by Gasteiger charge is 2.21. The number of carbonyl (C=O) groups is 1. The summed E-state index contributed by atoms with van der Waals surface area (Å²) in [5.74, 6) is -1.64. The van der Waals surface area contributed by atoms with Crippen LogP contribution in [0.25, 0.3) is 33.3 Å². The minimum absolute atomic E-state index is 0.0154. The van der Waals surface area contributed by atoms with Crippen LogP contribution in [0.5, 0.6) is 0 Å². The van der Waals surface area contributed by atoms with E-state index in [1.165, 1.54) is 24.8 Å². The average molecular weight is 571 g/mol. The summed E-state index contributed by atoms with van der Waals surface area (Å²) in [6.07, 6.45) is 8.00. The van der Waals surface area contributed by atoms with Gasteiger partial charge < -0.3 is 24.9 Å². The zero-order chi connectivity index (χ0) is 29.4. The molecule has 4 heterocycles. The summed E-state index contributed by atoms with van der Waals surface area (Å²) in [5, 5.41) is 3.51. The second-order valence-corrected chi connectivity index (χ2v) is 10.4. The van der Waals surface area contributed by atoms with Gasteiger partial charge in [0.25, 0.3) is 5.91 Å². The Labute approximate surface area is 239 Å². The Morgan fingerprint density at radius 1 is 1.02 bits per heavy atom. The SMILES string of the molecule is Cn1cc(-c2ccc(NC(=O)c3cn(CC4CCOCC4)cc(-c4ccc(F)cc4F)c3=O)cc2)c2c(N)ncnc21. The van der Waals surface area contributed by atoms with E-state index in [9.17, 15) is 18.4 Å². The predicted molar refractivity (Wildman–Crippen MR) is 156 cm³/mol. The summed E-state index contributed by atoms with van der Waals surface area (Å²) >= 11 is 0. The Balaban J connectivity index is 1.32. The van der Waals surface area contributed by atoms with Crippen molar-refractivity contribution in [2.75, 3.05) is 24.3 Å². The molecule has 5 aromatic rings. The molecular formula is C31H28F2N6O3. The Morgan fingerprint density at radius 3 is 2.52 bits per heavy atom. The summed E-state index contributed by atoms with van der Waals surface area (Å²) < 4.78 is 37.4. The number of fused-ring (bicyclic) bond motifs is 1. The first-order chi connectivity index (χ1) is 20.3. The number of nitrogens with two attached hydrogens (primary N) is 1. The third-order valence-electron chi connectivity index (χ3n) is 7.59. The molecule has 0 atom stereocenters. The first-order valence-electron chi connectivity index (χ1n) is 13.5. The molecule has 214 valence electrons. The van der Waals surface area contributed by atoms with Gasteiger partial charge in [0, 0.05) is 73.8 Å². The standard InChI is InChI=1S/C31H28F2N6O3/c1-38-14-23(27-29(34)35-17-36-30(27)38)19-2-5-21(6-3-19)37-31(41)25-16-39(13-18-8-10-42-11-9-18)15-24(28(25)40)22-7-4-20(32)12-26(22)33/h2-7,12,14-18H,8-11,13H2,1H3,(H,37,41)(H2,34,35,36). The van der Waals surface area contributed by atoms with Crippen LogP contribution in [-0.4, -0.2) is 38.2 Å². The highest BCUT2D eigenvalue weighted by Crippen LogP contribution is 2.32. The lowest BCUT2D eigenvalue weighted by Gasteiger charge is -2.23. The van der Waals surface area contributed by atoms with Crippen molar-refractivity contribution in [2.24, 2.45) is 13.0 Å². The van der Waals surface area contributed by atoms with Crippen LogP contribution in [0.4, 0.5) is 20.3 Å². The maximum Gasteiger partial charge on any atom is 0.261 e. The van der Waals surface area contributed by atoms with Crippen LogP contribution in [0, 0.1) is 17.6 Å². The van der Waals surface area contributed by atoms with Gasteiger partial charge in [0.2, 0.25) is 5.43 Å².